The van der Waals surface area contributed by atoms with Gasteiger partial charge in [-0.25, -0.2) is 0 Å². The first-order valence-corrected chi connectivity index (χ1v) is 9.03. The second-order valence-corrected chi connectivity index (χ2v) is 7.28. The third-order valence-corrected chi connectivity index (χ3v) is 5.89. The summed E-state index contributed by atoms with van der Waals surface area (Å²) in [5.41, 5.74) is 4.79. The van der Waals surface area contributed by atoms with Crippen LogP contribution in [0.5, 0.6) is 0 Å². The summed E-state index contributed by atoms with van der Waals surface area (Å²) in [6, 6.07) is 22.4. The Bertz CT molecular complexity index is 791. The summed E-state index contributed by atoms with van der Waals surface area (Å²) in [7, 11) is 0. The van der Waals surface area contributed by atoms with Crippen molar-refractivity contribution in [1.29, 1.82) is 0 Å². The maximum atomic E-state index is 2.45. The molecule has 0 nitrogen and oxygen atoms in total. The van der Waals surface area contributed by atoms with Gasteiger partial charge in [0.1, 0.15) is 0 Å². The Morgan fingerprint density at radius 3 is 2.42 bits per heavy atom. The zero-order valence-corrected chi connectivity index (χ0v) is 17.0. The molecular weight excluding hydrogens is 367 g/mol. The normalized spacial score (nSPS) is 16.2. The molecule has 3 aromatic rings. The van der Waals surface area contributed by atoms with Gasteiger partial charge in [-0.05, 0) is 30.2 Å². The Labute approximate surface area is 164 Å². The van der Waals surface area contributed by atoms with Gasteiger partial charge in [0.25, 0.3) is 0 Å². The van der Waals surface area contributed by atoms with Gasteiger partial charge in [-0.3, -0.25) is 0 Å². The number of hydrogen-bond acceptors (Lipinski definition) is 0. The van der Waals surface area contributed by atoms with Crippen molar-refractivity contribution in [3.63, 3.8) is 0 Å². The minimum Gasteiger partial charge on any atom is -0.164 e. The molecule has 0 N–H and O–H groups in total. The summed E-state index contributed by atoms with van der Waals surface area (Å²) >= 11 is 0. The molecule has 1 aliphatic carbocycles. The van der Waals surface area contributed by atoms with Crippen molar-refractivity contribution in [3.8, 4) is 11.1 Å². The molecule has 0 spiro atoms. The number of fused-ring (bicyclic) bond motifs is 1. The Balaban J connectivity index is 0.00000169. The molecule has 0 bridgehead atoms. The quantitative estimate of drug-likeness (QED) is 0.431. The first kappa shape index (κ1) is 17.7. The van der Waals surface area contributed by atoms with Crippen molar-refractivity contribution in [2.75, 3.05) is 0 Å². The molecule has 0 amide bonds. The monoisotopic (exact) mass is 391 g/mol. The molecule has 0 atom stereocenters. The van der Waals surface area contributed by atoms with E-state index in [0.717, 1.165) is 0 Å². The third-order valence-electron chi connectivity index (χ3n) is 5.89. The molecule has 1 saturated carbocycles. The zero-order chi connectivity index (χ0) is 15.7. The van der Waals surface area contributed by atoms with E-state index in [1.54, 1.807) is 0 Å². The van der Waals surface area contributed by atoms with Crippen LogP contribution in [-0.2, 0) is 32.6 Å². The smallest absolute Gasteiger partial charge is 0 e. The molecule has 1 fully saturated rings. The minimum atomic E-state index is 0. The van der Waals surface area contributed by atoms with Crippen molar-refractivity contribution in [2.45, 2.75) is 45.4 Å². The molecule has 24 heavy (non-hydrogen) atoms. The molecular formula is C23H25Zr-. The molecule has 3 aromatic carbocycles. The van der Waals surface area contributed by atoms with E-state index in [1.165, 1.54) is 66.0 Å². The van der Waals surface area contributed by atoms with Gasteiger partial charge in [0, 0.05) is 26.2 Å². The summed E-state index contributed by atoms with van der Waals surface area (Å²) in [5.74, 6) is 0. The molecule has 1 aliphatic rings. The fraction of sp³-hybridized carbons (Fsp3) is 0.348. The summed E-state index contributed by atoms with van der Waals surface area (Å²) in [6.45, 7) is 2.38. The van der Waals surface area contributed by atoms with Gasteiger partial charge in [0.2, 0.25) is 0 Å². The second kappa shape index (κ2) is 7.44. The summed E-state index contributed by atoms with van der Waals surface area (Å²) in [4.78, 5) is 0. The van der Waals surface area contributed by atoms with E-state index in [-0.39, 0.29) is 26.2 Å². The zero-order valence-electron chi connectivity index (χ0n) is 14.5. The maximum Gasteiger partial charge on any atom is 0 e. The van der Waals surface area contributed by atoms with Gasteiger partial charge in [-0.15, -0.1) is 34.5 Å². The van der Waals surface area contributed by atoms with Crippen LogP contribution in [0.1, 0.15) is 44.6 Å². The van der Waals surface area contributed by atoms with Crippen molar-refractivity contribution in [1.82, 2.24) is 0 Å². The van der Waals surface area contributed by atoms with Crippen molar-refractivity contribution < 1.29 is 26.2 Å². The Morgan fingerprint density at radius 2 is 1.71 bits per heavy atom. The molecule has 0 aromatic heterocycles. The maximum absolute atomic E-state index is 2.45. The van der Waals surface area contributed by atoms with E-state index in [0.29, 0.717) is 5.41 Å². The Kier molecular flexibility index (Phi) is 5.50. The molecule has 4 rings (SSSR count). The second-order valence-electron chi connectivity index (χ2n) is 7.28. The summed E-state index contributed by atoms with van der Waals surface area (Å²) < 4.78 is 0. The number of benzene rings is 2. The van der Waals surface area contributed by atoms with E-state index in [1.807, 2.05) is 0 Å². The van der Waals surface area contributed by atoms with Crippen LogP contribution in [0.25, 0.3) is 21.9 Å². The average Bonchev–Trinajstić information content (AvgIpc) is 3.22. The van der Waals surface area contributed by atoms with Gasteiger partial charge in [-0.2, -0.15) is 6.07 Å². The van der Waals surface area contributed by atoms with Gasteiger partial charge in [0.15, 0.2) is 0 Å². The first-order valence-electron chi connectivity index (χ1n) is 9.03. The van der Waals surface area contributed by atoms with Crippen molar-refractivity contribution >= 4 is 10.8 Å². The molecule has 1 heteroatoms. The van der Waals surface area contributed by atoms with Gasteiger partial charge in [-0.1, -0.05) is 68.1 Å². The van der Waals surface area contributed by atoms with Crippen LogP contribution < -0.4 is 0 Å². The molecule has 0 heterocycles. The summed E-state index contributed by atoms with van der Waals surface area (Å²) in [6.07, 6.45) is 8.24. The molecule has 0 unspecified atom stereocenters. The largest absolute Gasteiger partial charge is 0.164 e. The Hall–Kier alpha value is -1.07. The van der Waals surface area contributed by atoms with Crippen molar-refractivity contribution in [3.05, 3.63) is 66.2 Å². The first-order chi connectivity index (χ1) is 11.3. The van der Waals surface area contributed by atoms with Crippen LogP contribution in [0.3, 0.4) is 0 Å². The van der Waals surface area contributed by atoms with Crippen LogP contribution in [-0.4, -0.2) is 0 Å². The van der Waals surface area contributed by atoms with Crippen LogP contribution in [0, 0.1) is 5.41 Å². The van der Waals surface area contributed by atoms with Crippen LogP contribution >= 0.6 is 0 Å². The van der Waals surface area contributed by atoms with Crippen LogP contribution in [0.15, 0.2) is 60.7 Å². The van der Waals surface area contributed by atoms with Gasteiger partial charge >= 0.3 is 0 Å². The van der Waals surface area contributed by atoms with Crippen molar-refractivity contribution in [2.24, 2.45) is 5.41 Å². The van der Waals surface area contributed by atoms with E-state index in [4.69, 9.17) is 0 Å². The van der Waals surface area contributed by atoms with E-state index in [2.05, 4.69) is 67.6 Å². The topological polar surface area (TPSA) is 0 Å². The minimum absolute atomic E-state index is 0. The van der Waals surface area contributed by atoms with Crippen LogP contribution in [0.4, 0.5) is 0 Å². The van der Waals surface area contributed by atoms with E-state index in [9.17, 15) is 0 Å². The summed E-state index contributed by atoms with van der Waals surface area (Å²) in [5, 5.41) is 2.81. The van der Waals surface area contributed by atoms with Crippen LogP contribution in [0.2, 0.25) is 0 Å². The number of rotatable bonds is 4. The fourth-order valence-electron chi connectivity index (χ4n) is 4.48. The number of hydrogen-bond donors (Lipinski definition) is 0. The molecule has 0 saturated heterocycles. The van der Waals surface area contributed by atoms with Gasteiger partial charge < -0.3 is 0 Å². The predicted octanol–water partition coefficient (Wildman–Crippen LogP) is 6.74. The standard InChI is InChI=1S/C23H25.Zr/c1-2-23(13-6-7-14-23)17-18-15-20-11-8-12-21(22(20)16-18)19-9-4-3-5-10-19;/h3-5,8-12,15-16H,2,6-7,13-14,17H2,1H3;/q-1;. The average molecular weight is 393 g/mol. The van der Waals surface area contributed by atoms with E-state index >= 15 is 0 Å². The van der Waals surface area contributed by atoms with Gasteiger partial charge in [0.05, 0.1) is 0 Å². The molecule has 122 valence electrons. The third kappa shape index (κ3) is 3.34. The van der Waals surface area contributed by atoms with E-state index < -0.39 is 0 Å². The fourth-order valence-corrected chi connectivity index (χ4v) is 4.48. The molecule has 0 aliphatic heterocycles. The molecule has 0 radical (unpaired) electrons. The Morgan fingerprint density at radius 1 is 0.958 bits per heavy atom. The SMILES string of the molecule is CCC1(Cc2cc3c(-c4ccccc4)cccc3[cH-]2)CCCC1.[Zr]. The predicted molar refractivity (Wildman–Crippen MR) is 99.9 cm³/mol.